The highest BCUT2D eigenvalue weighted by Gasteiger charge is 2.26. The largest absolute Gasteiger partial charge is 0.464 e. The Hall–Kier alpha value is -2.62. The first-order chi connectivity index (χ1) is 15.9. The van der Waals surface area contributed by atoms with Crippen molar-refractivity contribution in [3.8, 4) is 10.6 Å². The molecule has 1 fully saturated rings. The van der Waals surface area contributed by atoms with Crippen molar-refractivity contribution in [3.63, 3.8) is 0 Å². The molecule has 3 aromatic rings. The lowest BCUT2D eigenvalue weighted by atomic mass is 10.0. The van der Waals surface area contributed by atoms with Crippen LogP contribution in [0.4, 0.5) is 0 Å². The summed E-state index contributed by atoms with van der Waals surface area (Å²) in [6.45, 7) is 6.45. The van der Waals surface area contributed by atoms with E-state index in [0.717, 1.165) is 30.8 Å². The standard InChI is InChI=1S/C23H27ClN4O4S/c1-14(2)27-10-8-15(9-11-27)25-22(29)17-4-5-18(23(30)31-3)28(17)13-16-12-19(32-26-16)20-6-7-21(24)33-20/h4-7,12,14-15H,8-11,13H2,1-3H3,(H,25,29). The van der Waals surface area contributed by atoms with Crippen LogP contribution < -0.4 is 5.32 Å². The summed E-state index contributed by atoms with van der Waals surface area (Å²) in [4.78, 5) is 28.7. The van der Waals surface area contributed by atoms with Gasteiger partial charge in [-0.15, -0.1) is 11.3 Å². The maximum atomic E-state index is 13.1. The molecule has 0 spiro atoms. The number of hydrogen-bond acceptors (Lipinski definition) is 7. The SMILES string of the molecule is COC(=O)c1ccc(C(=O)NC2CCN(C(C)C)CC2)n1Cc1cc(-c2ccc(Cl)s2)on1. The molecule has 1 saturated heterocycles. The van der Waals surface area contributed by atoms with Gasteiger partial charge >= 0.3 is 5.97 Å². The summed E-state index contributed by atoms with van der Waals surface area (Å²) in [5.41, 5.74) is 1.24. The Kier molecular flexibility index (Phi) is 7.21. The fourth-order valence-electron chi connectivity index (χ4n) is 4.05. The zero-order valence-electron chi connectivity index (χ0n) is 18.8. The quantitative estimate of drug-likeness (QED) is 0.497. The number of ether oxygens (including phenoxy) is 1. The second-order valence-electron chi connectivity index (χ2n) is 8.35. The van der Waals surface area contributed by atoms with Gasteiger partial charge in [-0.3, -0.25) is 4.79 Å². The maximum Gasteiger partial charge on any atom is 0.354 e. The van der Waals surface area contributed by atoms with Gasteiger partial charge in [0.2, 0.25) is 0 Å². The van der Waals surface area contributed by atoms with Gasteiger partial charge < -0.3 is 24.0 Å². The van der Waals surface area contributed by atoms with Crippen LogP contribution in [0.2, 0.25) is 4.34 Å². The van der Waals surface area contributed by atoms with Crippen LogP contribution in [0.3, 0.4) is 0 Å². The van der Waals surface area contributed by atoms with Crippen LogP contribution in [0.5, 0.6) is 0 Å². The Labute approximate surface area is 201 Å². The molecule has 1 amide bonds. The van der Waals surface area contributed by atoms with Gasteiger partial charge in [-0.05, 0) is 51.0 Å². The van der Waals surface area contributed by atoms with E-state index in [-0.39, 0.29) is 24.2 Å². The molecule has 10 heteroatoms. The highest BCUT2D eigenvalue weighted by molar-refractivity contribution is 7.19. The molecule has 4 rings (SSSR count). The molecule has 0 aliphatic carbocycles. The molecule has 0 saturated carbocycles. The molecule has 33 heavy (non-hydrogen) atoms. The lowest BCUT2D eigenvalue weighted by Crippen LogP contribution is -2.47. The van der Waals surface area contributed by atoms with Crippen molar-refractivity contribution in [1.82, 2.24) is 19.9 Å². The number of carbonyl (C=O) groups is 2. The van der Waals surface area contributed by atoms with Crippen LogP contribution in [-0.4, -0.2) is 58.8 Å². The predicted molar refractivity (Wildman–Crippen MR) is 127 cm³/mol. The summed E-state index contributed by atoms with van der Waals surface area (Å²) in [6, 6.07) is 9.27. The van der Waals surface area contributed by atoms with Crippen molar-refractivity contribution < 1.29 is 18.8 Å². The zero-order valence-corrected chi connectivity index (χ0v) is 20.4. The number of esters is 1. The number of rotatable bonds is 7. The second-order valence-corrected chi connectivity index (χ2v) is 10.1. The van der Waals surface area contributed by atoms with Gasteiger partial charge in [0.15, 0.2) is 5.76 Å². The summed E-state index contributed by atoms with van der Waals surface area (Å²) in [6.07, 6.45) is 1.79. The smallest absolute Gasteiger partial charge is 0.354 e. The van der Waals surface area contributed by atoms with Crippen LogP contribution in [0, 0.1) is 0 Å². The molecule has 8 nitrogen and oxygen atoms in total. The first-order valence-corrected chi connectivity index (χ1v) is 12.1. The number of carbonyl (C=O) groups excluding carboxylic acids is 2. The lowest BCUT2D eigenvalue weighted by Gasteiger charge is -2.34. The first-order valence-electron chi connectivity index (χ1n) is 10.9. The molecule has 0 radical (unpaired) electrons. The molecular weight excluding hydrogens is 464 g/mol. The van der Waals surface area contributed by atoms with Crippen molar-refractivity contribution in [2.24, 2.45) is 0 Å². The van der Waals surface area contributed by atoms with Crippen molar-refractivity contribution in [1.29, 1.82) is 0 Å². The Morgan fingerprint density at radius 3 is 2.61 bits per heavy atom. The molecule has 1 aliphatic heterocycles. The summed E-state index contributed by atoms with van der Waals surface area (Å²) in [5.74, 6) is -0.161. The molecule has 0 aromatic carbocycles. The molecule has 1 aliphatic rings. The maximum absolute atomic E-state index is 13.1. The molecule has 0 bridgehead atoms. The van der Waals surface area contributed by atoms with E-state index >= 15 is 0 Å². The van der Waals surface area contributed by atoms with Crippen molar-refractivity contribution in [2.75, 3.05) is 20.2 Å². The topological polar surface area (TPSA) is 89.6 Å². The van der Waals surface area contributed by atoms with Crippen LogP contribution >= 0.6 is 22.9 Å². The molecule has 3 aromatic heterocycles. The normalized spacial score (nSPS) is 15.2. The van der Waals surface area contributed by atoms with Crippen molar-refractivity contribution >= 4 is 34.8 Å². The molecule has 1 N–H and O–H groups in total. The third-order valence-electron chi connectivity index (χ3n) is 5.90. The van der Waals surface area contributed by atoms with Crippen molar-refractivity contribution in [3.05, 3.63) is 51.7 Å². The predicted octanol–water partition coefficient (Wildman–Crippen LogP) is 4.30. The third-order valence-corrected chi connectivity index (χ3v) is 7.14. The van der Waals surface area contributed by atoms with Crippen LogP contribution in [0.25, 0.3) is 10.6 Å². The van der Waals surface area contributed by atoms with Gasteiger partial charge in [0, 0.05) is 31.2 Å². The first kappa shape index (κ1) is 23.5. The van der Waals surface area contributed by atoms with E-state index in [0.29, 0.717) is 27.5 Å². The van der Waals surface area contributed by atoms with Gasteiger partial charge in [0.1, 0.15) is 17.1 Å². The lowest BCUT2D eigenvalue weighted by molar-refractivity contribution is 0.0588. The van der Waals surface area contributed by atoms with Gasteiger partial charge in [0.05, 0.1) is 22.9 Å². The molecule has 176 valence electrons. The Bertz CT molecular complexity index is 1130. The Balaban J connectivity index is 1.52. The van der Waals surface area contributed by atoms with E-state index in [1.165, 1.54) is 18.4 Å². The second kappa shape index (κ2) is 10.1. The van der Waals surface area contributed by atoms with E-state index in [1.807, 2.05) is 6.07 Å². The van der Waals surface area contributed by atoms with Gasteiger partial charge in [-0.2, -0.15) is 0 Å². The fourth-order valence-corrected chi connectivity index (χ4v) is 5.04. The van der Waals surface area contributed by atoms with Crippen LogP contribution in [0.15, 0.2) is 34.9 Å². The molecule has 4 heterocycles. The number of nitrogens with one attached hydrogen (secondary N) is 1. The minimum absolute atomic E-state index is 0.0969. The number of hydrogen-bond donors (Lipinski definition) is 1. The van der Waals surface area contributed by atoms with E-state index < -0.39 is 5.97 Å². The van der Waals surface area contributed by atoms with Crippen LogP contribution in [-0.2, 0) is 11.3 Å². The summed E-state index contributed by atoms with van der Waals surface area (Å²) >= 11 is 7.40. The summed E-state index contributed by atoms with van der Waals surface area (Å²) < 4.78 is 12.6. The molecule has 0 atom stereocenters. The summed E-state index contributed by atoms with van der Waals surface area (Å²) in [5, 5.41) is 7.25. The van der Waals surface area contributed by atoms with E-state index in [1.54, 1.807) is 28.8 Å². The fraction of sp³-hybridized carbons (Fsp3) is 0.435. The van der Waals surface area contributed by atoms with E-state index in [4.69, 9.17) is 20.9 Å². The van der Waals surface area contributed by atoms with E-state index in [9.17, 15) is 9.59 Å². The Morgan fingerprint density at radius 1 is 1.24 bits per heavy atom. The number of aromatic nitrogens is 2. The van der Waals surface area contributed by atoms with Gasteiger partial charge in [-0.1, -0.05) is 16.8 Å². The number of thiophene rings is 1. The number of piperidine rings is 1. The van der Waals surface area contributed by atoms with Crippen molar-refractivity contribution in [2.45, 2.75) is 45.3 Å². The van der Waals surface area contributed by atoms with Gasteiger partial charge in [-0.25, -0.2) is 4.79 Å². The number of halogens is 1. The zero-order chi connectivity index (χ0) is 23.5. The number of likely N-dealkylation sites (tertiary alicyclic amines) is 1. The third kappa shape index (κ3) is 5.31. The average molecular weight is 491 g/mol. The molecular formula is C23H27ClN4O4S. The number of amides is 1. The minimum Gasteiger partial charge on any atom is -0.464 e. The monoisotopic (exact) mass is 490 g/mol. The Morgan fingerprint density at radius 2 is 1.97 bits per heavy atom. The minimum atomic E-state index is -0.520. The highest BCUT2D eigenvalue weighted by atomic mass is 35.5. The summed E-state index contributed by atoms with van der Waals surface area (Å²) in [7, 11) is 1.32. The molecule has 0 unspecified atom stereocenters. The van der Waals surface area contributed by atoms with Gasteiger partial charge in [0.25, 0.3) is 5.91 Å². The highest BCUT2D eigenvalue weighted by Crippen LogP contribution is 2.31. The average Bonchev–Trinajstić information content (AvgIpc) is 3.54. The number of methoxy groups -OCH3 is 1. The van der Waals surface area contributed by atoms with E-state index in [2.05, 4.69) is 29.2 Å². The number of nitrogens with zero attached hydrogens (tertiary/aromatic N) is 3. The van der Waals surface area contributed by atoms with Crippen LogP contribution in [0.1, 0.15) is 53.4 Å².